The fourth-order valence-corrected chi connectivity index (χ4v) is 5.09. The van der Waals surface area contributed by atoms with E-state index in [4.69, 9.17) is 27.9 Å². The van der Waals surface area contributed by atoms with Crippen LogP contribution in [0.1, 0.15) is 25.7 Å². The van der Waals surface area contributed by atoms with Gasteiger partial charge in [0.25, 0.3) is 0 Å². The summed E-state index contributed by atoms with van der Waals surface area (Å²) in [6.45, 7) is 2.11. The Bertz CT molecular complexity index is 758. The van der Waals surface area contributed by atoms with E-state index in [0.717, 1.165) is 25.9 Å². The highest BCUT2D eigenvalue weighted by molar-refractivity contribution is 7.89. The molecule has 0 aliphatic carbocycles. The van der Waals surface area contributed by atoms with Gasteiger partial charge in [-0.3, -0.25) is 4.79 Å². The van der Waals surface area contributed by atoms with Gasteiger partial charge in [-0.15, -0.1) is 0 Å². The summed E-state index contributed by atoms with van der Waals surface area (Å²) in [5, 5.41) is 0.517. The molecule has 0 aromatic heterocycles. The van der Waals surface area contributed by atoms with Crippen LogP contribution in [0.5, 0.6) is 0 Å². The molecule has 1 aromatic rings. The molecule has 1 unspecified atom stereocenters. The van der Waals surface area contributed by atoms with E-state index in [-0.39, 0.29) is 35.0 Å². The highest BCUT2D eigenvalue weighted by Crippen LogP contribution is 2.27. The molecule has 1 amide bonds. The van der Waals surface area contributed by atoms with Crippen molar-refractivity contribution in [3.8, 4) is 0 Å². The first-order chi connectivity index (χ1) is 12.4. The van der Waals surface area contributed by atoms with Crippen molar-refractivity contribution in [3.63, 3.8) is 0 Å². The summed E-state index contributed by atoms with van der Waals surface area (Å²) in [5.74, 6) is 0.0621. The molecule has 0 radical (unpaired) electrons. The number of sulfonamides is 1. The minimum absolute atomic E-state index is 0.0621. The van der Waals surface area contributed by atoms with Gasteiger partial charge < -0.3 is 9.64 Å². The van der Waals surface area contributed by atoms with Crippen molar-refractivity contribution in [1.82, 2.24) is 9.21 Å². The molecule has 2 saturated heterocycles. The van der Waals surface area contributed by atoms with Crippen LogP contribution in [0.3, 0.4) is 0 Å². The second-order valence-corrected chi connectivity index (χ2v) is 9.29. The Morgan fingerprint density at radius 3 is 2.50 bits per heavy atom. The standard InChI is InChI=1S/C17H22Cl2N2O4S/c18-15-5-4-14(12-16(15)19)26(23,24)21-9-7-20(8-10-21)17(22)6-3-13-2-1-11-25-13/h4-5,12-13H,1-3,6-11H2. The Labute approximate surface area is 164 Å². The Balaban J connectivity index is 1.55. The van der Waals surface area contributed by atoms with Gasteiger partial charge in [-0.05, 0) is 37.5 Å². The summed E-state index contributed by atoms with van der Waals surface area (Å²) in [4.78, 5) is 14.2. The van der Waals surface area contributed by atoms with Crippen molar-refractivity contribution in [2.75, 3.05) is 32.8 Å². The number of nitrogens with zero attached hydrogens (tertiary/aromatic N) is 2. The maximum Gasteiger partial charge on any atom is 0.243 e. The zero-order valence-corrected chi connectivity index (χ0v) is 16.7. The number of ether oxygens (including phenoxy) is 1. The highest BCUT2D eigenvalue weighted by atomic mass is 35.5. The smallest absolute Gasteiger partial charge is 0.243 e. The molecular formula is C17H22Cl2N2O4S. The first-order valence-electron chi connectivity index (χ1n) is 8.72. The van der Waals surface area contributed by atoms with Crippen LogP contribution in [0.2, 0.25) is 10.0 Å². The van der Waals surface area contributed by atoms with Gasteiger partial charge in [0.05, 0.1) is 21.0 Å². The van der Waals surface area contributed by atoms with Crippen LogP contribution in [0.4, 0.5) is 0 Å². The zero-order valence-electron chi connectivity index (χ0n) is 14.4. The molecule has 1 aromatic carbocycles. The largest absolute Gasteiger partial charge is 0.378 e. The average Bonchev–Trinajstić information content (AvgIpc) is 3.15. The van der Waals surface area contributed by atoms with E-state index < -0.39 is 10.0 Å². The molecule has 2 fully saturated rings. The first kappa shape index (κ1) is 19.9. The van der Waals surface area contributed by atoms with Gasteiger partial charge in [0.1, 0.15) is 0 Å². The fraction of sp³-hybridized carbons (Fsp3) is 0.588. The first-order valence-corrected chi connectivity index (χ1v) is 10.9. The predicted molar refractivity (Wildman–Crippen MR) is 100 cm³/mol. The second kappa shape index (κ2) is 8.44. The van der Waals surface area contributed by atoms with Crippen LogP contribution in [0.15, 0.2) is 23.1 Å². The van der Waals surface area contributed by atoms with Gasteiger partial charge >= 0.3 is 0 Å². The van der Waals surface area contributed by atoms with Crippen molar-refractivity contribution in [2.24, 2.45) is 0 Å². The Kier molecular flexibility index (Phi) is 6.45. The Morgan fingerprint density at radius 1 is 1.15 bits per heavy atom. The van der Waals surface area contributed by atoms with E-state index >= 15 is 0 Å². The maximum atomic E-state index is 12.7. The van der Waals surface area contributed by atoms with Crippen molar-refractivity contribution in [1.29, 1.82) is 0 Å². The lowest BCUT2D eigenvalue weighted by atomic mass is 10.1. The topological polar surface area (TPSA) is 66.9 Å². The molecule has 2 heterocycles. The fourth-order valence-electron chi connectivity index (χ4n) is 3.28. The summed E-state index contributed by atoms with van der Waals surface area (Å²) in [6.07, 6.45) is 3.45. The molecule has 0 N–H and O–H groups in total. The van der Waals surface area contributed by atoms with Crippen molar-refractivity contribution in [3.05, 3.63) is 28.2 Å². The molecule has 144 valence electrons. The van der Waals surface area contributed by atoms with Crippen molar-refractivity contribution < 1.29 is 17.9 Å². The third-order valence-electron chi connectivity index (χ3n) is 4.82. The Morgan fingerprint density at radius 2 is 1.88 bits per heavy atom. The van der Waals surface area contributed by atoms with Crippen molar-refractivity contribution in [2.45, 2.75) is 36.7 Å². The van der Waals surface area contributed by atoms with Crippen LogP contribution in [-0.4, -0.2) is 62.4 Å². The number of carbonyl (C=O) groups is 1. The lowest BCUT2D eigenvalue weighted by Gasteiger charge is -2.34. The zero-order chi connectivity index (χ0) is 18.7. The lowest BCUT2D eigenvalue weighted by molar-refractivity contribution is -0.133. The number of halogens is 2. The van der Waals surface area contributed by atoms with E-state index in [2.05, 4.69) is 0 Å². The number of piperazine rings is 1. The second-order valence-electron chi connectivity index (χ2n) is 6.53. The summed E-state index contributed by atoms with van der Waals surface area (Å²) >= 11 is 11.8. The summed E-state index contributed by atoms with van der Waals surface area (Å²) in [5.41, 5.74) is 0. The summed E-state index contributed by atoms with van der Waals surface area (Å²) < 4.78 is 32.4. The Hall–Kier alpha value is -0.860. The highest BCUT2D eigenvalue weighted by Gasteiger charge is 2.30. The molecule has 3 rings (SSSR count). The van der Waals surface area contributed by atoms with Crippen LogP contribution >= 0.6 is 23.2 Å². The quantitative estimate of drug-likeness (QED) is 0.734. The van der Waals surface area contributed by atoms with Crippen LogP contribution in [0, 0.1) is 0 Å². The van der Waals surface area contributed by atoms with Crippen molar-refractivity contribution >= 4 is 39.1 Å². The van der Waals surface area contributed by atoms with E-state index in [9.17, 15) is 13.2 Å². The van der Waals surface area contributed by atoms with Gasteiger partial charge in [0.2, 0.25) is 15.9 Å². The number of benzene rings is 1. The molecule has 6 nitrogen and oxygen atoms in total. The van der Waals surface area contributed by atoms with Gasteiger partial charge in [0, 0.05) is 39.2 Å². The number of carbonyl (C=O) groups excluding carboxylic acids is 1. The maximum absolute atomic E-state index is 12.7. The molecule has 9 heteroatoms. The lowest BCUT2D eigenvalue weighted by Crippen LogP contribution is -2.50. The van der Waals surface area contributed by atoms with Gasteiger partial charge in [-0.2, -0.15) is 4.31 Å². The molecule has 0 spiro atoms. The number of hydrogen-bond acceptors (Lipinski definition) is 4. The number of hydrogen-bond donors (Lipinski definition) is 0. The van der Waals surface area contributed by atoms with E-state index in [1.807, 2.05) is 0 Å². The van der Waals surface area contributed by atoms with E-state index in [1.165, 1.54) is 22.5 Å². The molecule has 26 heavy (non-hydrogen) atoms. The average molecular weight is 421 g/mol. The van der Waals surface area contributed by atoms with E-state index in [0.29, 0.717) is 24.5 Å². The normalized spacial score (nSPS) is 21.9. The molecular weight excluding hydrogens is 399 g/mol. The summed E-state index contributed by atoms with van der Waals surface area (Å²) in [6, 6.07) is 4.28. The van der Waals surface area contributed by atoms with Gasteiger partial charge in [-0.1, -0.05) is 23.2 Å². The van der Waals surface area contributed by atoms with Gasteiger partial charge in [0.15, 0.2) is 0 Å². The van der Waals surface area contributed by atoms with E-state index in [1.54, 1.807) is 4.90 Å². The predicted octanol–water partition coefficient (Wildman–Crippen LogP) is 2.79. The van der Waals surface area contributed by atoms with Crippen LogP contribution in [-0.2, 0) is 19.6 Å². The van der Waals surface area contributed by atoms with Crippen LogP contribution in [0.25, 0.3) is 0 Å². The molecule has 1 atom stereocenters. The molecule has 0 saturated carbocycles. The minimum atomic E-state index is -3.64. The van der Waals surface area contributed by atoms with Crippen LogP contribution < -0.4 is 0 Å². The monoisotopic (exact) mass is 420 g/mol. The molecule has 2 aliphatic rings. The molecule has 2 aliphatic heterocycles. The molecule has 0 bridgehead atoms. The minimum Gasteiger partial charge on any atom is -0.378 e. The third-order valence-corrected chi connectivity index (χ3v) is 7.46. The number of amides is 1. The SMILES string of the molecule is O=C(CCC1CCCO1)N1CCN(S(=O)(=O)c2ccc(Cl)c(Cl)c2)CC1. The number of rotatable bonds is 5. The summed E-state index contributed by atoms with van der Waals surface area (Å²) in [7, 11) is -3.64. The third kappa shape index (κ3) is 4.51. The van der Waals surface area contributed by atoms with Gasteiger partial charge in [-0.25, -0.2) is 8.42 Å².